The van der Waals surface area contributed by atoms with Gasteiger partial charge in [-0.2, -0.15) is 4.98 Å². The number of hydrogen-bond donors (Lipinski definition) is 2. The summed E-state index contributed by atoms with van der Waals surface area (Å²) in [7, 11) is 1.63. The number of ether oxygens (including phenoxy) is 1. The minimum Gasteiger partial charge on any atom is -0.497 e. The van der Waals surface area contributed by atoms with Crippen molar-refractivity contribution >= 4 is 29.3 Å². The molecule has 8 heteroatoms. The van der Waals surface area contributed by atoms with Crippen LogP contribution in [0, 0.1) is 13.8 Å². The molecule has 3 aromatic rings. The average Bonchev–Trinajstić information content (AvgIpc) is 3.17. The van der Waals surface area contributed by atoms with E-state index in [1.165, 1.54) is 11.8 Å². The third-order valence-electron chi connectivity index (χ3n) is 5.32. The normalized spacial score (nSPS) is 15.3. The molecule has 0 radical (unpaired) electrons. The molecular formula is C23H25N5O2S. The third-order valence-corrected chi connectivity index (χ3v) is 5.86. The predicted octanol–water partition coefficient (Wildman–Crippen LogP) is 4.55. The van der Waals surface area contributed by atoms with Crippen molar-refractivity contribution in [3.05, 3.63) is 70.4 Å². The summed E-state index contributed by atoms with van der Waals surface area (Å²) >= 11 is 1.46. The number of aromatic nitrogens is 3. The lowest BCUT2D eigenvalue weighted by Gasteiger charge is -2.29. The van der Waals surface area contributed by atoms with Crippen LogP contribution in [0.25, 0.3) is 0 Å². The Bertz CT molecular complexity index is 1170. The molecule has 0 saturated heterocycles. The van der Waals surface area contributed by atoms with Crippen LogP contribution >= 0.6 is 11.8 Å². The highest BCUT2D eigenvalue weighted by Gasteiger charge is 2.34. The van der Waals surface area contributed by atoms with Crippen molar-refractivity contribution in [2.45, 2.75) is 32.0 Å². The lowest BCUT2D eigenvalue weighted by molar-refractivity contribution is -0.113. The molecule has 1 aliphatic rings. The molecule has 2 aromatic carbocycles. The zero-order valence-corrected chi connectivity index (χ0v) is 19.0. The summed E-state index contributed by atoms with van der Waals surface area (Å²) in [6.45, 7) is 5.92. The molecule has 0 spiro atoms. The molecular weight excluding hydrogens is 410 g/mol. The fraction of sp³-hybridized carbons (Fsp3) is 0.261. The highest BCUT2D eigenvalue weighted by Crippen LogP contribution is 2.37. The van der Waals surface area contributed by atoms with Gasteiger partial charge in [-0.25, -0.2) is 4.68 Å². The average molecular weight is 436 g/mol. The number of nitrogens with zero attached hydrogens (tertiary/aromatic N) is 3. The highest BCUT2D eigenvalue weighted by atomic mass is 32.2. The van der Waals surface area contributed by atoms with Gasteiger partial charge >= 0.3 is 0 Å². The maximum absolute atomic E-state index is 13.5. The summed E-state index contributed by atoms with van der Waals surface area (Å²) in [6.07, 6.45) is 1.93. The number of allylic oxidation sites excluding steroid dienone is 1. The van der Waals surface area contributed by atoms with Gasteiger partial charge in [0.25, 0.3) is 5.91 Å². The molecule has 2 N–H and O–H groups in total. The van der Waals surface area contributed by atoms with Crippen LogP contribution in [0.1, 0.15) is 29.7 Å². The Labute approximate surface area is 185 Å². The maximum atomic E-state index is 13.5. The van der Waals surface area contributed by atoms with Crippen molar-refractivity contribution in [1.29, 1.82) is 0 Å². The van der Waals surface area contributed by atoms with E-state index < -0.39 is 6.04 Å². The number of carbonyl (C=O) groups excluding carboxylic acids is 1. The molecule has 0 fully saturated rings. The minimum absolute atomic E-state index is 0.176. The van der Waals surface area contributed by atoms with Crippen molar-refractivity contribution in [2.75, 3.05) is 24.0 Å². The Kier molecular flexibility index (Phi) is 5.73. The summed E-state index contributed by atoms with van der Waals surface area (Å²) in [5.74, 6) is 1.19. The molecule has 1 aliphatic heterocycles. The second-order valence-corrected chi connectivity index (χ2v) is 8.25. The van der Waals surface area contributed by atoms with Crippen LogP contribution in [0.4, 0.5) is 11.6 Å². The van der Waals surface area contributed by atoms with Crippen LogP contribution < -0.4 is 15.4 Å². The van der Waals surface area contributed by atoms with Gasteiger partial charge < -0.3 is 15.4 Å². The van der Waals surface area contributed by atoms with Crippen molar-refractivity contribution in [1.82, 2.24) is 14.8 Å². The Morgan fingerprint density at radius 1 is 1.16 bits per heavy atom. The van der Waals surface area contributed by atoms with Crippen molar-refractivity contribution in [3.63, 3.8) is 0 Å². The molecule has 0 saturated carbocycles. The molecule has 1 atom stereocenters. The summed E-state index contributed by atoms with van der Waals surface area (Å²) in [4.78, 5) is 18.1. The monoisotopic (exact) mass is 435 g/mol. The van der Waals surface area contributed by atoms with Gasteiger partial charge in [-0.1, -0.05) is 41.6 Å². The first kappa shape index (κ1) is 21.0. The molecule has 1 amide bonds. The van der Waals surface area contributed by atoms with Crippen molar-refractivity contribution in [3.8, 4) is 5.75 Å². The highest BCUT2D eigenvalue weighted by molar-refractivity contribution is 7.98. The topological polar surface area (TPSA) is 81.1 Å². The summed E-state index contributed by atoms with van der Waals surface area (Å²) in [5.41, 5.74) is 5.22. The minimum atomic E-state index is -0.415. The van der Waals surface area contributed by atoms with Gasteiger partial charge in [-0.3, -0.25) is 4.79 Å². The fourth-order valence-electron chi connectivity index (χ4n) is 3.75. The van der Waals surface area contributed by atoms with Gasteiger partial charge in [0.1, 0.15) is 11.8 Å². The van der Waals surface area contributed by atoms with E-state index in [0.29, 0.717) is 16.7 Å². The molecule has 4 rings (SSSR count). The van der Waals surface area contributed by atoms with E-state index in [2.05, 4.69) is 26.8 Å². The number of benzene rings is 2. The summed E-state index contributed by atoms with van der Waals surface area (Å²) in [6, 6.07) is 13.2. The number of anilines is 2. The van der Waals surface area contributed by atoms with E-state index in [1.54, 1.807) is 11.8 Å². The zero-order valence-electron chi connectivity index (χ0n) is 18.2. The predicted molar refractivity (Wildman–Crippen MR) is 124 cm³/mol. The van der Waals surface area contributed by atoms with Gasteiger partial charge in [0.15, 0.2) is 0 Å². The number of nitrogens with one attached hydrogen (secondary N) is 2. The van der Waals surface area contributed by atoms with E-state index >= 15 is 0 Å². The van der Waals surface area contributed by atoms with Gasteiger partial charge in [0.2, 0.25) is 11.1 Å². The van der Waals surface area contributed by atoms with E-state index in [4.69, 9.17) is 4.74 Å². The second kappa shape index (κ2) is 8.47. The molecule has 1 aromatic heterocycles. The number of aryl methyl sites for hydroxylation is 2. The van der Waals surface area contributed by atoms with Crippen LogP contribution in [-0.2, 0) is 4.79 Å². The van der Waals surface area contributed by atoms with Crippen LogP contribution in [0.3, 0.4) is 0 Å². The standard InChI is InChI=1S/C23H25N5O2S/c1-13-6-11-18(14(2)12-13)25-21(29)19-15(3)24-22-26-23(31-5)27-28(22)20(19)16-7-9-17(30-4)10-8-16/h6-12,20H,1-5H3,(H,25,29)(H,24,26,27)/t20-/m1/s1. The Hall–Kier alpha value is -3.26. The van der Waals surface area contributed by atoms with Crippen molar-refractivity contribution < 1.29 is 9.53 Å². The first-order chi connectivity index (χ1) is 14.9. The number of fused-ring (bicyclic) bond motifs is 1. The Morgan fingerprint density at radius 3 is 2.55 bits per heavy atom. The van der Waals surface area contributed by atoms with Crippen LogP contribution in [0.2, 0.25) is 0 Å². The molecule has 2 heterocycles. The number of hydrogen-bond acceptors (Lipinski definition) is 6. The van der Waals surface area contributed by atoms with E-state index in [-0.39, 0.29) is 5.91 Å². The van der Waals surface area contributed by atoms with Gasteiger partial charge in [0.05, 0.1) is 12.7 Å². The SMILES string of the molecule is COc1ccc([C@@H]2C(C(=O)Nc3ccc(C)cc3C)=C(C)Nc3nc(SC)nn32)cc1. The number of methoxy groups -OCH3 is 1. The first-order valence-corrected chi connectivity index (χ1v) is 11.1. The van der Waals surface area contributed by atoms with Crippen LogP contribution in [0.15, 0.2) is 58.9 Å². The van der Waals surface area contributed by atoms with E-state index in [0.717, 1.165) is 33.8 Å². The largest absolute Gasteiger partial charge is 0.497 e. The lowest BCUT2D eigenvalue weighted by Crippen LogP contribution is -2.31. The zero-order chi connectivity index (χ0) is 22.1. The number of carbonyl (C=O) groups is 1. The lowest BCUT2D eigenvalue weighted by atomic mass is 9.94. The number of amides is 1. The third kappa shape index (κ3) is 4.03. The Morgan fingerprint density at radius 2 is 1.90 bits per heavy atom. The maximum Gasteiger partial charge on any atom is 0.255 e. The van der Waals surface area contributed by atoms with Gasteiger partial charge in [0, 0.05) is 11.4 Å². The van der Waals surface area contributed by atoms with Crippen LogP contribution in [0.5, 0.6) is 5.75 Å². The van der Waals surface area contributed by atoms with Gasteiger partial charge in [-0.15, -0.1) is 5.10 Å². The summed E-state index contributed by atoms with van der Waals surface area (Å²) in [5, 5.41) is 11.6. The number of thioether (sulfide) groups is 1. The quantitative estimate of drug-likeness (QED) is 0.572. The van der Waals surface area contributed by atoms with Crippen molar-refractivity contribution in [2.24, 2.45) is 0 Å². The molecule has 7 nitrogen and oxygen atoms in total. The molecule has 0 bridgehead atoms. The second-order valence-electron chi connectivity index (χ2n) is 7.48. The fourth-order valence-corrected chi connectivity index (χ4v) is 4.10. The molecule has 0 unspecified atom stereocenters. The molecule has 31 heavy (non-hydrogen) atoms. The first-order valence-electron chi connectivity index (χ1n) is 9.92. The molecule has 0 aliphatic carbocycles. The van der Waals surface area contributed by atoms with Gasteiger partial charge in [-0.05, 0) is 56.4 Å². The Balaban J connectivity index is 1.78. The van der Waals surface area contributed by atoms with E-state index in [9.17, 15) is 4.79 Å². The molecule has 160 valence electrons. The summed E-state index contributed by atoms with van der Waals surface area (Å²) < 4.78 is 7.08. The smallest absolute Gasteiger partial charge is 0.255 e. The van der Waals surface area contributed by atoms with Crippen LogP contribution in [-0.4, -0.2) is 34.0 Å². The number of rotatable bonds is 5. The van der Waals surface area contributed by atoms with E-state index in [1.807, 2.05) is 63.4 Å².